The molecule has 0 aliphatic rings. The third-order valence-electron chi connectivity index (χ3n) is 4.33. The van der Waals surface area contributed by atoms with E-state index in [4.69, 9.17) is 9.15 Å². The Hall–Kier alpha value is -3.45. The molecular formula is C22H18N2O4S. The molecule has 2 aromatic heterocycles. The number of anilines is 1. The lowest BCUT2D eigenvalue weighted by atomic mass is 10.1. The summed E-state index contributed by atoms with van der Waals surface area (Å²) in [7, 11) is 0. The maximum atomic E-state index is 12.3. The summed E-state index contributed by atoms with van der Waals surface area (Å²) in [5.74, 6) is 0.126. The van der Waals surface area contributed by atoms with Crippen molar-refractivity contribution in [2.24, 2.45) is 0 Å². The second kappa shape index (κ2) is 7.89. The van der Waals surface area contributed by atoms with E-state index in [0.29, 0.717) is 16.5 Å². The van der Waals surface area contributed by atoms with Gasteiger partial charge in [0.2, 0.25) is 0 Å². The van der Waals surface area contributed by atoms with Gasteiger partial charge in [0.1, 0.15) is 11.3 Å². The van der Waals surface area contributed by atoms with Crippen LogP contribution in [0.25, 0.3) is 22.2 Å². The fourth-order valence-corrected chi connectivity index (χ4v) is 3.72. The van der Waals surface area contributed by atoms with Crippen LogP contribution in [0.2, 0.25) is 0 Å². The lowest BCUT2D eigenvalue weighted by Gasteiger charge is -2.06. The number of nitrogens with zero attached hydrogens (tertiary/aromatic N) is 1. The Bertz CT molecular complexity index is 1240. The zero-order valence-corrected chi connectivity index (χ0v) is 16.7. The minimum atomic E-state index is -0.434. The minimum absolute atomic E-state index is 0.179. The fourth-order valence-electron chi connectivity index (χ4n) is 2.86. The summed E-state index contributed by atoms with van der Waals surface area (Å²) in [6.45, 7) is 3.83. The van der Waals surface area contributed by atoms with Crippen LogP contribution in [0.5, 0.6) is 5.75 Å². The van der Waals surface area contributed by atoms with Gasteiger partial charge in [0.15, 0.2) is 11.7 Å². The molecule has 0 spiro atoms. The molecule has 0 unspecified atom stereocenters. The first-order valence-corrected chi connectivity index (χ1v) is 9.80. The van der Waals surface area contributed by atoms with Crippen LogP contribution >= 0.6 is 11.3 Å². The second-order valence-corrected chi connectivity index (χ2v) is 7.78. The number of ether oxygens (including phenoxy) is 1. The second-order valence-electron chi connectivity index (χ2n) is 6.58. The first kappa shape index (κ1) is 18.9. The van der Waals surface area contributed by atoms with Gasteiger partial charge in [-0.25, -0.2) is 9.78 Å². The first-order chi connectivity index (χ1) is 14.0. The smallest absolute Gasteiger partial charge is 0.336 e. The summed E-state index contributed by atoms with van der Waals surface area (Å²) >= 11 is 1.42. The van der Waals surface area contributed by atoms with Gasteiger partial charge in [0.05, 0.1) is 5.69 Å². The van der Waals surface area contributed by atoms with Crippen molar-refractivity contribution in [2.45, 2.75) is 13.8 Å². The summed E-state index contributed by atoms with van der Waals surface area (Å²) in [5.41, 5.74) is 3.03. The third-order valence-corrected chi connectivity index (χ3v) is 5.22. The van der Waals surface area contributed by atoms with Gasteiger partial charge in [-0.2, -0.15) is 0 Å². The maximum absolute atomic E-state index is 12.3. The summed E-state index contributed by atoms with van der Waals surface area (Å²) in [6, 6.07) is 16.2. The predicted molar refractivity (Wildman–Crippen MR) is 114 cm³/mol. The number of thiazole rings is 1. The minimum Gasteiger partial charge on any atom is -0.484 e. The molecule has 0 bridgehead atoms. The number of aryl methyl sites for hydroxylation is 2. The van der Waals surface area contributed by atoms with Crippen LogP contribution < -0.4 is 15.7 Å². The molecule has 6 nitrogen and oxygen atoms in total. The first-order valence-electron chi connectivity index (χ1n) is 8.99. The molecule has 29 heavy (non-hydrogen) atoms. The zero-order chi connectivity index (χ0) is 20.4. The summed E-state index contributed by atoms with van der Waals surface area (Å²) in [4.78, 5) is 29.2. The van der Waals surface area contributed by atoms with E-state index in [9.17, 15) is 9.59 Å². The molecule has 4 rings (SSSR count). The SMILES string of the molecule is Cc1ccc(-c2nc(NC(=O)COc3ccc4ccc(=O)oc4c3)sc2C)cc1. The van der Waals surface area contributed by atoms with Crippen molar-refractivity contribution in [3.8, 4) is 17.0 Å². The number of carbonyl (C=O) groups excluding carboxylic acids is 1. The van der Waals surface area contributed by atoms with Gasteiger partial charge in [0, 0.05) is 28.0 Å². The van der Waals surface area contributed by atoms with Gasteiger partial charge >= 0.3 is 5.63 Å². The van der Waals surface area contributed by atoms with Crippen molar-refractivity contribution >= 4 is 33.3 Å². The van der Waals surface area contributed by atoms with Crippen molar-refractivity contribution in [3.63, 3.8) is 0 Å². The number of hydrogen-bond donors (Lipinski definition) is 1. The molecule has 1 N–H and O–H groups in total. The van der Waals surface area contributed by atoms with Crippen molar-refractivity contribution in [2.75, 3.05) is 11.9 Å². The molecule has 0 saturated carbocycles. The summed E-state index contributed by atoms with van der Waals surface area (Å²) in [5, 5.41) is 4.08. The van der Waals surface area contributed by atoms with Gasteiger partial charge in [0.25, 0.3) is 5.91 Å². The van der Waals surface area contributed by atoms with Gasteiger partial charge in [-0.1, -0.05) is 29.8 Å². The molecule has 0 fully saturated rings. The largest absolute Gasteiger partial charge is 0.484 e. The predicted octanol–water partition coefficient (Wildman–Crippen LogP) is 4.55. The number of nitrogens with one attached hydrogen (secondary N) is 1. The zero-order valence-electron chi connectivity index (χ0n) is 15.9. The Balaban J connectivity index is 1.42. The molecule has 2 heterocycles. The number of carbonyl (C=O) groups is 1. The van der Waals surface area contributed by atoms with Crippen LogP contribution in [-0.2, 0) is 4.79 Å². The quantitative estimate of drug-likeness (QED) is 0.492. The Morgan fingerprint density at radius 2 is 1.86 bits per heavy atom. The van der Waals surface area contributed by atoms with E-state index in [-0.39, 0.29) is 12.5 Å². The van der Waals surface area contributed by atoms with Crippen LogP contribution in [0.15, 0.2) is 63.8 Å². The lowest BCUT2D eigenvalue weighted by Crippen LogP contribution is -2.20. The highest BCUT2D eigenvalue weighted by molar-refractivity contribution is 7.16. The molecular weight excluding hydrogens is 388 g/mol. The van der Waals surface area contributed by atoms with Crippen molar-refractivity contribution in [1.29, 1.82) is 0 Å². The van der Waals surface area contributed by atoms with E-state index in [1.807, 2.05) is 38.1 Å². The molecule has 0 radical (unpaired) electrons. The van der Waals surface area contributed by atoms with Gasteiger partial charge in [-0.05, 0) is 32.0 Å². The van der Waals surface area contributed by atoms with Crippen molar-refractivity contribution in [3.05, 3.63) is 75.5 Å². The Kier molecular flexibility index (Phi) is 5.14. The van der Waals surface area contributed by atoms with Crippen molar-refractivity contribution < 1.29 is 13.9 Å². The molecule has 146 valence electrons. The van der Waals surface area contributed by atoms with Gasteiger partial charge in [-0.15, -0.1) is 11.3 Å². The Morgan fingerprint density at radius 3 is 2.66 bits per heavy atom. The number of amides is 1. The highest BCUT2D eigenvalue weighted by Gasteiger charge is 2.13. The molecule has 1 amide bonds. The molecule has 7 heteroatoms. The molecule has 0 aliphatic heterocycles. The van der Waals surface area contributed by atoms with Crippen LogP contribution in [0, 0.1) is 13.8 Å². The van der Waals surface area contributed by atoms with Crippen LogP contribution in [0.3, 0.4) is 0 Å². The average Bonchev–Trinajstić information content (AvgIpc) is 3.06. The van der Waals surface area contributed by atoms with E-state index in [1.54, 1.807) is 24.3 Å². The number of hydrogen-bond acceptors (Lipinski definition) is 6. The third kappa shape index (κ3) is 4.35. The highest BCUT2D eigenvalue weighted by atomic mass is 32.1. The standard InChI is InChI=1S/C22H18N2O4S/c1-13-3-5-16(6-4-13)21-14(2)29-22(24-21)23-19(25)12-27-17-9-7-15-8-10-20(26)28-18(15)11-17/h3-11H,12H2,1-2H3,(H,23,24,25). The van der Waals surface area contributed by atoms with Crippen LogP contribution in [0.4, 0.5) is 5.13 Å². The van der Waals surface area contributed by atoms with E-state index < -0.39 is 5.63 Å². The highest BCUT2D eigenvalue weighted by Crippen LogP contribution is 2.30. The number of rotatable bonds is 5. The maximum Gasteiger partial charge on any atom is 0.336 e. The van der Waals surface area contributed by atoms with Gasteiger partial charge < -0.3 is 9.15 Å². The summed E-state index contributed by atoms with van der Waals surface area (Å²) < 4.78 is 10.7. The Labute approximate surface area is 170 Å². The number of aromatic nitrogens is 1. The van der Waals surface area contributed by atoms with Crippen LogP contribution in [0.1, 0.15) is 10.4 Å². The van der Waals surface area contributed by atoms with E-state index in [2.05, 4.69) is 10.3 Å². The number of fused-ring (bicyclic) bond motifs is 1. The van der Waals surface area contributed by atoms with E-state index in [1.165, 1.54) is 23.0 Å². The topological polar surface area (TPSA) is 81.4 Å². The normalized spacial score (nSPS) is 10.8. The average molecular weight is 406 g/mol. The molecule has 0 atom stereocenters. The van der Waals surface area contributed by atoms with Gasteiger partial charge in [-0.3, -0.25) is 10.1 Å². The molecule has 2 aromatic carbocycles. The molecule has 4 aromatic rings. The lowest BCUT2D eigenvalue weighted by molar-refractivity contribution is -0.118. The van der Waals surface area contributed by atoms with E-state index >= 15 is 0 Å². The van der Waals surface area contributed by atoms with E-state index in [0.717, 1.165) is 21.5 Å². The fraction of sp³-hybridized carbons (Fsp3) is 0.136. The molecule has 0 saturated heterocycles. The number of benzene rings is 2. The summed E-state index contributed by atoms with van der Waals surface area (Å²) in [6.07, 6.45) is 0. The monoisotopic (exact) mass is 406 g/mol. The van der Waals surface area contributed by atoms with Crippen molar-refractivity contribution in [1.82, 2.24) is 4.98 Å². The molecule has 0 aliphatic carbocycles. The van der Waals surface area contributed by atoms with Crippen LogP contribution in [-0.4, -0.2) is 17.5 Å². The Morgan fingerprint density at radius 1 is 1.10 bits per heavy atom.